The van der Waals surface area contributed by atoms with Crippen LogP contribution in [0.5, 0.6) is 0 Å². The van der Waals surface area contributed by atoms with Crippen molar-refractivity contribution in [1.82, 2.24) is 5.32 Å². The number of benzene rings is 1. The zero-order chi connectivity index (χ0) is 15.3. The van der Waals surface area contributed by atoms with Crippen molar-refractivity contribution in [2.45, 2.75) is 19.2 Å². The summed E-state index contributed by atoms with van der Waals surface area (Å²) in [6, 6.07) is 3.36. The maximum absolute atomic E-state index is 12.6. The lowest BCUT2D eigenvalue weighted by Crippen LogP contribution is -2.28. The lowest BCUT2D eigenvalue weighted by molar-refractivity contribution is -0.137. The largest absolute Gasteiger partial charge is 0.417 e. The Morgan fingerprint density at radius 3 is 2.70 bits per heavy atom. The van der Waals surface area contributed by atoms with Gasteiger partial charge in [-0.15, -0.1) is 0 Å². The third kappa shape index (κ3) is 5.22. The predicted octanol–water partition coefficient (Wildman–Crippen LogP) is 2.87. The number of carbonyl (C=O) groups excluding carboxylic acids is 1. The molecule has 2 N–H and O–H groups in total. The van der Waals surface area contributed by atoms with Gasteiger partial charge in [0.2, 0.25) is 5.91 Å². The Labute approximate surface area is 119 Å². The molecule has 0 aliphatic rings. The van der Waals surface area contributed by atoms with Crippen molar-refractivity contribution in [2.75, 3.05) is 6.54 Å². The van der Waals surface area contributed by atoms with Gasteiger partial charge in [-0.2, -0.15) is 13.2 Å². The van der Waals surface area contributed by atoms with E-state index in [2.05, 4.69) is 5.32 Å². The van der Waals surface area contributed by atoms with Crippen molar-refractivity contribution >= 4 is 23.6 Å². The highest BCUT2D eigenvalue weighted by molar-refractivity contribution is 6.31. The second-order valence-electron chi connectivity index (χ2n) is 4.16. The van der Waals surface area contributed by atoms with Gasteiger partial charge in [0.05, 0.1) is 16.7 Å². The minimum absolute atomic E-state index is 0.0671. The number of hydrogen-bond donors (Lipinski definition) is 2. The Morgan fingerprint density at radius 1 is 1.50 bits per heavy atom. The van der Waals surface area contributed by atoms with Gasteiger partial charge in [0.1, 0.15) is 0 Å². The van der Waals surface area contributed by atoms with Crippen molar-refractivity contribution in [3.8, 4) is 0 Å². The molecule has 1 atom stereocenters. The highest BCUT2D eigenvalue weighted by Crippen LogP contribution is 2.35. The number of nitrogens with one attached hydrogen (secondary N) is 1. The van der Waals surface area contributed by atoms with Crippen LogP contribution in [0.2, 0.25) is 5.02 Å². The molecule has 1 unspecified atom stereocenters. The third-order valence-corrected chi connectivity index (χ3v) is 2.62. The van der Waals surface area contributed by atoms with Gasteiger partial charge in [0, 0.05) is 12.6 Å². The van der Waals surface area contributed by atoms with Crippen LogP contribution in [0.15, 0.2) is 24.3 Å². The first-order chi connectivity index (χ1) is 9.20. The van der Waals surface area contributed by atoms with Gasteiger partial charge >= 0.3 is 6.18 Å². The summed E-state index contributed by atoms with van der Waals surface area (Å²) in [5.74, 6) is -0.505. The average molecular weight is 308 g/mol. The lowest BCUT2D eigenvalue weighted by Gasteiger charge is -2.09. The number of hydrogen-bond acceptors (Lipinski definition) is 2. The smallest absolute Gasteiger partial charge is 0.392 e. The molecule has 0 fully saturated rings. The Bertz CT molecular complexity index is 513. The summed E-state index contributed by atoms with van der Waals surface area (Å²) in [5, 5.41) is 11.0. The fourth-order valence-electron chi connectivity index (χ4n) is 1.34. The van der Waals surface area contributed by atoms with Crippen molar-refractivity contribution in [3.05, 3.63) is 40.4 Å². The molecule has 0 bridgehead atoms. The van der Waals surface area contributed by atoms with Crippen molar-refractivity contribution in [1.29, 1.82) is 0 Å². The summed E-state index contributed by atoms with van der Waals surface area (Å²) in [7, 11) is 0. The molecule has 0 radical (unpaired) electrons. The highest BCUT2D eigenvalue weighted by Gasteiger charge is 2.33. The van der Waals surface area contributed by atoms with Gasteiger partial charge in [-0.3, -0.25) is 4.79 Å². The minimum Gasteiger partial charge on any atom is -0.392 e. The molecule has 20 heavy (non-hydrogen) atoms. The van der Waals surface area contributed by atoms with Crippen LogP contribution in [-0.4, -0.2) is 23.7 Å². The zero-order valence-electron chi connectivity index (χ0n) is 10.5. The number of aliphatic hydroxyl groups excluding tert-OH is 1. The van der Waals surface area contributed by atoms with Crippen molar-refractivity contribution < 1.29 is 23.1 Å². The molecule has 1 amide bonds. The molecule has 0 heterocycles. The Kier molecular flexibility index (Phi) is 5.59. The van der Waals surface area contributed by atoms with Gasteiger partial charge in [-0.25, -0.2) is 0 Å². The van der Waals surface area contributed by atoms with E-state index in [-0.39, 0.29) is 12.1 Å². The molecular formula is C13H13ClF3NO2. The number of aliphatic hydroxyl groups is 1. The molecule has 3 nitrogen and oxygen atoms in total. The van der Waals surface area contributed by atoms with Crippen LogP contribution < -0.4 is 5.32 Å². The van der Waals surface area contributed by atoms with Gasteiger partial charge in [0.25, 0.3) is 0 Å². The van der Waals surface area contributed by atoms with Crippen LogP contribution in [0.4, 0.5) is 13.2 Å². The van der Waals surface area contributed by atoms with E-state index in [1.807, 2.05) is 0 Å². The monoisotopic (exact) mass is 307 g/mol. The Hall–Kier alpha value is -1.53. The number of rotatable bonds is 4. The maximum Gasteiger partial charge on any atom is 0.417 e. The standard InChI is InChI=1S/C13H13ClF3NO2/c1-8(19)7-18-12(20)5-3-9-2-4-11(14)10(6-9)13(15,16)17/h2-6,8,19H,7H2,1H3,(H,18,20)/b5-3+. The summed E-state index contributed by atoms with van der Waals surface area (Å²) in [6.45, 7) is 1.57. The molecule has 0 saturated heterocycles. The quantitative estimate of drug-likeness (QED) is 0.840. The molecule has 110 valence electrons. The van der Waals surface area contributed by atoms with Gasteiger partial charge < -0.3 is 10.4 Å². The third-order valence-electron chi connectivity index (χ3n) is 2.29. The molecule has 1 rings (SSSR count). The average Bonchev–Trinajstić information content (AvgIpc) is 2.33. The number of amides is 1. The molecule has 0 spiro atoms. The summed E-state index contributed by atoms with van der Waals surface area (Å²) in [6.07, 6.45) is -2.91. The SMILES string of the molecule is CC(O)CNC(=O)/C=C/c1ccc(Cl)c(C(F)(F)F)c1. The molecule has 0 saturated carbocycles. The predicted molar refractivity (Wildman–Crippen MR) is 70.2 cm³/mol. The van der Waals surface area contributed by atoms with Crippen LogP contribution in [-0.2, 0) is 11.0 Å². The van der Waals surface area contributed by atoms with Crippen LogP contribution in [0.3, 0.4) is 0 Å². The van der Waals surface area contributed by atoms with Crippen LogP contribution in [0.25, 0.3) is 6.08 Å². The highest BCUT2D eigenvalue weighted by atomic mass is 35.5. The van der Waals surface area contributed by atoms with Crippen LogP contribution in [0, 0.1) is 0 Å². The molecule has 0 aliphatic carbocycles. The van der Waals surface area contributed by atoms with E-state index in [0.717, 1.165) is 18.2 Å². The molecular weight excluding hydrogens is 295 g/mol. The number of alkyl halides is 3. The van der Waals surface area contributed by atoms with E-state index < -0.39 is 28.8 Å². The molecule has 1 aromatic carbocycles. The fraction of sp³-hybridized carbons (Fsp3) is 0.308. The lowest BCUT2D eigenvalue weighted by atomic mass is 10.1. The van der Waals surface area contributed by atoms with Crippen molar-refractivity contribution in [3.63, 3.8) is 0 Å². The fourth-order valence-corrected chi connectivity index (χ4v) is 1.57. The maximum atomic E-state index is 12.6. The number of halogens is 4. The van der Waals surface area contributed by atoms with E-state index in [4.69, 9.17) is 16.7 Å². The summed E-state index contributed by atoms with van der Waals surface area (Å²) >= 11 is 5.48. The normalized spacial score (nSPS) is 13.5. The van der Waals surface area contributed by atoms with Gasteiger partial charge in [0.15, 0.2) is 0 Å². The van der Waals surface area contributed by atoms with E-state index in [1.165, 1.54) is 19.1 Å². The summed E-state index contributed by atoms with van der Waals surface area (Å²) in [5.41, 5.74) is -0.750. The van der Waals surface area contributed by atoms with Crippen LogP contribution >= 0.6 is 11.6 Å². The van der Waals surface area contributed by atoms with E-state index in [0.29, 0.717) is 0 Å². The minimum atomic E-state index is -4.55. The molecule has 0 aromatic heterocycles. The number of carbonyl (C=O) groups is 1. The first-order valence-electron chi connectivity index (χ1n) is 5.71. The Morgan fingerprint density at radius 2 is 2.15 bits per heavy atom. The molecule has 7 heteroatoms. The van der Waals surface area contributed by atoms with E-state index in [9.17, 15) is 18.0 Å². The second-order valence-corrected chi connectivity index (χ2v) is 4.57. The first kappa shape index (κ1) is 16.5. The van der Waals surface area contributed by atoms with Gasteiger partial charge in [-0.1, -0.05) is 17.7 Å². The van der Waals surface area contributed by atoms with Gasteiger partial charge in [-0.05, 0) is 30.7 Å². The van der Waals surface area contributed by atoms with E-state index >= 15 is 0 Å². The topological polar surface area (TPSA) is 49.3 Å². The molecule has 0 aliphatic heterocycles. The second kappa shape index (κ2) is 6.76. The van der Waals surface area contributed by atoms with Crippen molar-refractivity contribution in [2.24, 2.45) is 0 Å². The first-order valence-corrected chi connectivity index (χ1v) is 6.08. The van der Waals surface area contributed by atoms with E-state index in [1.54, 1.807) is 0 Å². The summed E-state index contributed by atoms with van der Waals surface area (Å²) in [4.78, 5) is 11.3. The molecule has 1 aromatic rings. The zero-order valence-corrected chi connectivity index (χ0v) is 11.3. The Balaban J connectivity index is 2.81. The van der Waals surface area contributed by atoms with Crippen LogP contribution in [0.1, 0.15) is 18.1 Å². The summed E-state index contributed by atoms with van der Waals surface area (Å²) < 4.78 is 37.9.